The van der Waals surface area contributed by atoms with Crippen LogP contribution < -0.4 is 0 Å². The number of hydrogen-bond donors (Lipinski definition) is 0. The van der Waals surface area contributed by atoms with Gasteiger partial charge in [-0.15, -0.1) is 0 Å². The molecular weight excluding hydrogens is 528 g/mol. The molecule has 0 bridgehead atoms. The van der Waals surface area contributed by atoms with Gasteiger partial charge in [-0.2, -0.15) is 0 Å². The molecule has 0 radical (unpaired) electrons. The van der Waals surface area contributed by atoms with E-state index < -0.39 is 0 Å². The first kappa shape index (κ1) is 23.7. The summed E-state index contributed by atoms with van der Waals surface area (Å²) in [6.45, 7) is 0. The maximum Gasteiger partial charge on any atom is 0.183 e. The smallest absolute Gasteiger partial charge is 0.183 e. The van der Waals surface area contributed by atoms with Gasteiger partial charge >= 0.3 is 0 Å². The van der Waals surface area contributed by atoms with Crippen LogP contribution in [-0.4, -0.2) is 19.9 Å². The van der Waals surface area contributed by atoms with Gasteiger partial charge in [-0.1, -0.05) is 103 Å². The fraction of sp³-hybridized carbons (Fsp3) is 0. The van der Waals surface area contributed by atoms with Crippen LogP contribution in [-0.2, 0) is 0 Å². The predicted molar refractivity (Wildman–Crippen MR) is 174 cm³/mol. The van der Waals surface area contributed by atoms with Gasteiger partial charge in [-0.3, -0.25) is 4.98 Å². The number of para-hydroxylation sites is 1. The SMILES string of the molecule is c1ccc2cc(-c3nc(-c4ccc5c(ccc6ccccc65)c4)nc(-c4nccc5oc6ccccc6c45)n3)ccc2c1. The Morgan fingerprint density at radius 1 is 0.419 bits per heavy atom. The van der Waals surface area contributed by atoms with Crippen LogP contribution in [0.15, 0.2) is 138 Å². The molecule has 0 fully saturated rings. The zero-order valence-electron chi connectivity index (χ0n) is 22.9. The number of rotatable bonds is 3. The van der Waals surface area contributed by atoms with Gasteiger partial charge < -0.3 is 4.42 Å². The Bertz CT molecular complexity index is 2530. The van der Waals surface area contributed by atoms with Crippen molar-refractivity contribution in [2.75, 3.05) is 0 Å². The molecule has 0 saturated heterocycles. The summed E-state index contributed by atoms with van der Waals surface area (Å²) >= 11 is 0. The molecule has 3 aromatic heterocycles. The molecule has 9 rings (SSSR count). The van der Waals surface area contributed by atoms with Gasteiger partial charge in [0.1, 0.15) is 16.9 Å². The van der Waals surface area contributed by atoms with E-state index in [4.69, 9.17) is 24.4 Å². The molecule has 5 nitrogen and oxygen atoms in total. The monoisotopic (exact) mass is 550 g/mol. The Morgan fingerprint density at radius 3 is 1.88 bits per heavy atom. The van der Waals surface area contributed by atoms with E-state index in [1.165, 1.54) is 21.5 Å². The molecule has 43 heavy (non-hydrogen) atoms. The summed E-state index contributed by atoms with van der Waals surface area (Å²) < 4.78 is 6.16. The maximum atomic E-state index is 6.16. The molecule has 6 aromatic carbocycles. The Labute approximate surface area is 246 Å². The van der Waals surface area contributed by atoms with Crippen LogP contribution >= 0.6 is 0 Å². The first-order valence-corrected chi connectivity index (χ1v) is 14.2. The number of aromatic nitrogens is 4. The van der Waals surface area contributed by atoms with Gasteiger partial charge in [0.05, 0.1) is 5.39 Å². The zero-order valence-corrected chi connectivity index (χ0v) is 22.9. The fourth-order valence-electron chi connectivity index (χ4n) is 6.06. The van der Waals surface area contributed by atoms with E-state index in [2.05, 4.69) is 84.9 Å². The lowest BCUT2D eigenvalue weighted by Gasteiger charge is -2.10. The van der Waals surface area contributed by atoms with E-state index in [0.29, 0.717) is 23.2 Å². The third-order valence-electron chi connectivity index (χ3n) is 8.15. The van der Waals surface area contributed by atoms with Crippen LogP contribution in [0.4, 0.5) is 0 Å². The number of fused-ring (bicyclic) bond motifs is 7. The highest BCUT2D eigenvalue weighted by Gasteiger charge is 2.19. The van der Waals surface area contributed by atoms with Crippen molar-refractivity contribution < 1.29 is 4.42 Å². The average Bonchev–Trinajstić information content (AvgIpc) is 3.46. The highest BCUT2D eigenvalue weighted by Crippen LogP contribution is 2.36. The van der Waals surface area contributed by atoms with E-state index in [0.717, 1.165) is 43.8 Å². The fourth-order valence-corrected chi connectivity index (χ4v) is 6.06. The first-order chi connectivity index (χ1) is 21.3. The van der Waals surface area contributed by atoms with Gasteiger partial charge in [0, 0.05) is 22.7 Å². The van der Waals surface area contributed by atoms with Crippen LogP contribution in [0.2, 0.25) is 0 Å². The molecule has 0 unspecified atom stereocenters. The van der Waals surface area contributed by atoms with E-state index in [1.54, 1.807) is 6.20 Å². The molecule has 0 spiro atoms. The van der Waals surface area contributed by atoms with Gasteiger partial charge in [0.15, 0.2) is 17.5 Å². The van der Waals surface area contributed by atoms with Crippen molar-refractivity contribution in [3.8, 4) is 34.3 Å². The zero-order chi connectivity index (χ0) is 28.3. The second-order valence-electron chi connectivity index (χ2n) is 10.7. The maximum absolute atomic E-state index is 6.16. The molecule has 0 aliphatic heterocycles. The summed E-state index contributed by atoms with van der Waals surface area (Å²) in [5, 5.41) is 8.93. The van der Waals surface area contributed by atoms with Crippen LogP contribution in [0.5, 0.6) is 0 Å². The molecule has 0 saturated carbocycles. The molecule has 5 heteroatoms. The normalized spacial score (nSPS) is 11.7. The first-order valence-electron chi connectivity index (χ1n) is 14.2. The molecule has 3 heterocycles. The highest BCUT2D eigenvalue weighted by molar-refractivity contribution is 6.11. The standard InChI is InChI=1S/C38H22N4O/c1-2-9-25-21-27(16-13-23(25)7-1)36-40-37(28-17-18-30-26(22-28)15-14-24-8-3-4-10-29(24)30)42-38(41-36)35-34-31-11-5-6-12-32(31)43-33(34)19-20-39-35/h1-22H. The Balaban J connectivity index is 1.30. The number of pyridine rings is 1. The minimum Gasteiger partial charge on any atom is -0.456 e. The van der Waals surface area contributed by atoms with Gasteiger partial charge in [-0.05, 0) is 56.6 Å². The van der Waals surface area contributed by atoms with Crippen molar-refractivity contribution in [1.29, 1.82) is 0 Å². The number of benzene rings is 6. The minimum atomic E-state index is 0.504. The number of hydrogen-bond acceptors (Lipinski definition) is 5. The summed E-state index contributed by atoms with van der Waals surface area (Å²) in [6, 6.07) is 43.7. The van der Waals surface area contributed by atoms with E-state index in [1.807, 2.05) is 42.5 Å². The molecule has 0 aliphatic carbocycles. The Morgan fingerprint density at radius 2 is 1.02 bits per heavy atom. The van der Waals surface area contributed by atoms with Gasteiger partial charge in [-0.25, -0.2) is 15.0 Å². The lowest BCUT2D eigenvalue weighted by Crippen LogP contribution is -2.01. The Kier molecular flexibility index (Phi) is 5.13. The summed E-state index contributed by atoms with van der Waals surface area (Å²) in [4.78, 5) is 19.9. The van der Waals surface area contributed by atoms with Crippen molar-refractivity contribution >= 4 is 54.3 Å². The van der Waals surface area contributed by atoms with Gasteiger partial charge in [0.25, 0.3) is 0 Å². The Hall–Kier alpha value is -5.94. The lowest BCUT2D eigenvalue weighted by molar-refractivity contribution is 0.668. The van der Waals surface area contributed by atoms with Crippen LogP contribution in [0.3, 0.4) is 0 Å². The summed E-state index contributed by atoms with van der Waals surface area (Å²) in [5.74, 6) is 1.69. The largest absolute Gasteiger partial charge is 0.456 e. The molecule has 9 aromatic rings. The molecule has 0 N–H and O–H groups in total. The lowest BCUT2D eigenvalue weighted by atomic mass is 10.00. The van der Waals surface area contributed by atoms with Crippen LogP contribution in [0, 0.1) is 0 Å². The van der Waals surface area contributed by atoms with Crippen molar-refractivity contribution in [2.45, 2.75) is 0 Å². The molecule has 0 aliphatic rings. The van der Waals surface area contributed by atoms with E-state index in [9.17, 15) is 0 Å². The summed E-state index contributed by atoms with van der Waals surface area (Å²) in [7, 11) is 0. The third kappa shape index (κ3) is 3.86. The van der Waals surface area contributed by atoms with Crippen molar-refractivity contribution in [3.63, 3.8) is 0 Å². The van der Waals surface area contributed by atoms with Crippen LogP contribution in [0.25, 0.3) is 88.5 Å². The molecule has 200 valence electrons. The van der Waals surface area contributed by atoms with Crippen molar-refractivity contribution in [2.24, 2.45) is 0 Å². The van der Waals surface area contributed by atoms with Gasteiger partial charge in [0.2, 0.25) is 0 Å². The molecule has 0 atom stereocenters. The second kappa shape index (κ2) is 9.29. The predicted octanol–water partition coefficient (Wildman–Crippen LogP) is 9.63. The summed E-state index contributed by atoms with van der Waals surface area (Å²) in [6.07, 6.45) is 1.75. The summed E-state index contributed by atoms with van der Waals surface area (Å²) in [5.41, 5.74) is 4.05. The topological polar surface area (TPSA) is 64.7 Å². The van der Waals surface area contributed by atoms with E-state index in [-0.39, 0.29) is 0 Å². The van der Waals surface area contributed by atoms with E-state index >= 15 is 0 Å². The average molecular weight is 551 g/mol. The molecular formula is C38H22N4O. The van der Waals surface area contributed by atoms with Crippen molar-refractivity contribution in [1.82, 2.24) is 19.9 Å². The highest BCUT2D eigenvalue weighted by atomic mass is 16.3. The van der Waals surface area contributed by atoms with Crippen LogP contribution in [0.1, 0.15) is 0 Å². The number of nitrogens with zero attached hydrogens (tertiary/aromatic N) is 4. The number of furan rings is 1. The third-order valence-corrected chi connectivity index (χ3v) is 8.15. The quantitative estimate of drug-likeness (QED) is 0.205. The minimum absolute atomic E-state index is 0.504. The van der Waals surface area contributed by atoms with Crippen molar-refractivity contribution in [3.05, 3.63) is 134 Å². The second-order valence-corrected chi connectivity index (χ2v) is 10.7. The molecule has 0 amide bonds.